The number of hydrogen-bond acceptors (Lipinski definition) is 4. The van der Waals surface area contributed by atoms with Gasteiger partial charge in [-0.05, 0) is 49.4 Å². The maximum Gasteiger partial charge on any atom is 0.125 e. The Morgan fingerprint density at radius 1 is 1.45 bits per heavy atom. The van der Waals surface area contributed by atoms with Gasteiger partial charge in [0.2, 0.25) is 0 Å². The number of aromatic nitrogens is 3. The van der Waals surface area contributed by atoms with Crippen LogP contribution in [0.3, 0.4) is 0 Å². The molecule has 6 heteroatoms. The monoisotopic (exact) mass is 365 g/mol. The minimum absolute atomic E-state index is 0.202. The van der Waals surface area contributed by atoms with Gasteiger partial charge >= 0.3 is 0 Å². The van der Waals surface area contributed by atoms with Gasteiger partial charge < -0.3 is 9.84 Å². The number of halogens is 1. The first-order chi connectivity index (χ1) is 10.6. The fourth-order valence-electron chi connectivity index (χ4n) is 2.75. The molecule has 0 amide bonds. The molecule has 2 atom stereocenters. The first-order valence-corrected chi connectivity index (χ1v) is 8.38. The first kappa shape index (κ1) is 15.6. The van der Waals surface area contributed by atoms with Gasteiger partial charge in [-0.2, -0.15) is 0 Å². The molecule has 0 bridgehead atoms. The second-order valence-corrected chi connectivity index (χ2v) is 6.67. The molecule has 0 saturated carbocycles. The van der Waals surface area contributed by atoms with E-state index in [1.54, 1.807) is 4.68 Å². The summed E-state index contributed by atoms with van der Waals surface area (Å²) in [6.45, 7) is 3.49. The quantitative estimate of drug-likeness (QED) is 0.904. The van der Waals surface area contributed by atoms with Crippen molar-refractivity contribution < 1.29 is 9.84 Å². The third-order valence-corrected chi connectivity index (χ3v) is 4.53. The van der Waals surface area contributed by atoms with Gasteiger partial charge in [0.1, 0.15) is 11.8 Å². The molecule has 1 aromatic heterocycles. The van der Waals surface area contributed by atoms with Crippen LogP contribution < -0.4 is 0 Å². The van der Waals surface area contributed by atoms with Gasteiger partial charge in [-0.1, -0.05) is 27.2 Å². The highest BCUT2D eigenvalue weighted by atomic mass is 79.9. The summed E-state index contributed by atoms with van der Waals surface area (Å²) in [5.41, 5.74) is 2.44. The van der Waals surface area contributed by atoms with Crippen LogP contribution in [-0.4, -0.2) is 32.8 Å². The Bertz CT molecular complexity index is 638. The average molecular weight is 366 g/mol. The maximum absolute atomic E-state index is 10.5. The van der Waals surface area contributed by atoms with Crippen LogP contribution in [0, 0.1) is 6.92 Å². The van der Waals surface area contributed by atoms with Gasteiger partial charge in [0.05, 0.1) is 18.8 Å². The van der Waals surface area contributed by atoms with Crippen molar-refractivity contribution in [1.82, 2.24) is 15.0 Å². The molecule has 1 saturated heterocycles. The second kappa shape index (κ2) is 6.89. The third kappa shape index (κ3) is 3.56. The van der Waals surface area contributed by atoms with Crippen molar-refractivity contribution in [2.24, 2.45) is 0 Å². The summed E-state index contributed by atoms with van der Waals surface area (Å²) in [7, 11) is 0. The zero-order valence-corrected chi connectivity index (χ0v) is 14.2. The van der Waals surface area contributed by atoms with E-state index in [2.05, 4.69) is 26.2 Å². The number of benzene rings is 1. The van der Waals surface area contributed by atoms with Crippen LogP contribution in [0.5, 0.6) is 0 Å². The Morgan fingerprint density at radius 3 is 3.09 bits per heavy atom. The van der Waals surface area contributed by atoms with Crippen LogP contribution in [0.1, 0.15) is 42.2 Å². The van der Waals surface area contributed by atoms with Crippen molar-refractivity contribution in [3.63, 3.8) is 0 Å². The van der Waals surface area contributed by atoms with Gasteiger partial charge in [-0.25, -0.2) is 4.68 Å². The van der Waals surface area contributed by atoms with Crippen LogP contribution in [0.15, 0.2) is 28.9 Å². The molecule has 2 aromatic rings. The van der Waals surface area contributed by atoms with Gasteiger partial charge in [0.15, 0.2) is 0 Å². The smallest absolute Gasteiger partial charge is 0.125 e. The lowest BCUT2D eigenvalue weighted by Crippen LogP contribution is -2.24. The molecular formula is C16H20BrN3O2. The fraction of sp³-hybridized carbons (Fsp3) is 0.500. The van der Waals surface area contributed by atoms with E-state index in [-0.39, 0.29) is 6.10 Å². The number of aliphatic hydroxyl groups is 1. The Balaban J connectivity index is 1.73. The highest BCUT2D eigenvalue weighted by Gasteiger charge is 2.19. The number of nitrogens with zero attached hydrogens (tertiary/aromatic N) is 3. The second-order valence-electron chi connectivity index (χ2n) is 5.76. The lowest BCUT2D eigenvalue weighted by Gasteiger charge is -2.21. The van der Waals surface area contributed by atoms with Crippen molar-refractivity contribution in [2.75, 3.05) is 6.61 Å². The number of aliphatic hydroxyl groups excluding tert-OH is 1. The van der Waals surface area contributed by atoms with E-state index in [0.29, 0.717) is 12.2 Å². The molecule has 1 aliphatic heterocycles. The third-order valence-electron chi connectivity index (χ3n) is 4.04. The molecule has 0 radical (unpaired) electrons. The van der Waals surface area contributed by atoms with Crippen molar-refractivity contribution in [1.29, 1.82) is 0 Å². The highest BCUT2D eigenvalue weighted by molar-refractivity contribution is 9.10. The van der Waals surface area contributed by atoms with Crippen LogP contribution in [-0.2, 0) is 11.3 Å². The van der Waals surface area contributed by atoms with E-state index in [9.17, 15) is 5.11 Å². The molecule has 0 aliphatic carbocycles. The van der Waals surface area contributed by atoms with E-state index in [1.807, 2.05) is 31.3 Å². The minimum Gasteiger partial charge on any atom is -0.382 e. The summed E-state index contributed by atoms with van der Waals surface area (Å²) in [6, 6.07) is 5.86. The lowest BCUT2D eigenvalue weighted by atomic mass is 10.0. The Labute approximate surface area is 138 Å². The van der Waals surface area contributed by atoms with Crippen molar-refractivity contribution >= 4 is 15.9 Å². The molecule has 118 valence electrons. The summed E-state index contributed by atoms with van der Waals surface area (Å²) in [5.74, 6) is 0. The zero-order chi connectivity index (χ0) is 15.5. The molecule has 1 N–H and O–H groups in total. The summed E-state index contributed by atoms with van der Waals surface area (Å²) >= 11 is 3.44. The number of aryl methyl sites for hydroxylation is 1. The number of rotatable bonds is 4. The highest BCUT2D eigenvalue weighted by Crippen LogP contribution is 2.26. The molecule has 5 nitrogen and oxygen atoms in total. The molecule has 1 aliphatic rings. The van der Waals surface area contributed by atoms with E-state index in [0.717, 1.165) is 35.0 Å². The van der Waals surface area contributed by atoms with Crippen LogP contribution in [0.25, 0.3) is 0 Å². The lowest BCUT2D eigenvalue weighted by molar-refractivity contribution is 0.00368. The summed E-state index contributed by atoms with van der Waals surface area (Å²) in [5, 5.41) is 18.8. The normalized spacial score (nSPS) is 20.0. The van der Waals surface area contributed by atoms with Gasteiger partial charge in [0, 0.05) is 11.1 Å². The minimum atomic E-state index is -0.765. The predicted octanol–water partition coefficient (Wildman–Crippen LogP) is 3.00. The molecule has 1 fully saturated rings. The van der Waals surface area contributed by atoms with E-state index >= 15 is 0 Å². The average Bonchev–Trinajstić information content (AvgIpc) is 2.98. The molecule has 22 heavy (non-hydrogen) atoms. The molecule has 3 rings (SSSR count). The topological polar surface area (TPSA) is 60.2 Å². The van der Waals surface area contributed by atoms with Crippen LogP contribution >= 0.6 is 15.9 Å². The predicted molar refractivity (Wildman–Crippen MR) is 86.6 cm³/mol. The van der Waals surface area contributed by atoms with E-state index < -0.39 is 6.10 Å². The Hall–Kier alpha value is -1.24. The molecular weight excluding hydrogens is 346 g/mol. The van der Waals surface area contributed by atoms with Crippen molar-refractivity contribution in [3.05, 3.63) is 45.7 Å². The number of hydrogen-bond donors (Lipinski definition) is 1. The number of ether oxygens (including phenoxy) is 1. The summed E-state index contributed by atoms with van der Waals surface area (Å²) in [4.78, 5) is 0. The summed E-state index contributed by atoms with van der Waals surface area (Å²) < 4.78 is 8.42. The fourth-order valence-corrected chi connectivity index (χ4v) is 3.13. The van der Waals surface area contributed by atoms with Crippen molar-refractivity contribution in [2.45, 2.75) is 44.9 Å². The maximum atomic E-state index is 10.5. The summed E-state index contributed by atoms with van der Waals surface area (Å²) in [6.07, 6.45) is 4.64. The molecule has 2 heterocycles. The molecule has 2 unspecified atom stereocenters. The zero-order valence-electron chi connectivity index (χ0n) is 12.6. The van der Waals surface area contributed by atoms with E-state index in [4.69, 9.17) is 4.74 Å². The van der Waals surface area contributed by atoms with Crippen LogP contribution in [0.2, 0.25) is 0 Å². The standard InChI is InChI=1S/C16H20BrN3O2/c1-11-5-6-12(17)8-14(11)16(21)15-10-20(19-18-15)9-13-4-2-3-7-22-13/h5-6,8,10,13,16,21H,2-4,7,9H2,1H3. The Kier molecular flexibility index (Phi) is 4.90. The van der Waals surface area contributed by atoms with Gasteiger partial charge in [-0.3, -0.25) is 0 Å². The Morgan fingerprint density at radius 2 is 2.32 bits per heavy atom. The largest absolute Gasteiger partial charge is 0.382 e. The molecule has 0 spiro atoms. The van der Waals surface area contributed by atoms with Crippen LogP contribution in [0.4, 0.5) is 0 Å². The molecule has 1 aromatic carbocycles. The first-order valence-electron chi connectivity index (χ1n) is 7.59. The van der Waals surface area contributed by atoms with Gasteiger partial charge in [0.25, 0.3) is 0 Å². The SMILES string of the molecule is Cc1ccc(Br)cc1C(O)c1cn(CC2CCCCO2)nn1. The van der Waals surface area contributed by atoms with Gasteiger partial charge in [-0.15, -0.1) is 5.10 Å². The van der Waals surface area contributed by atoms with E-state index in [1.165, 1.54) is 6.42 Å². The van der Waals surface area contributed by atoms with Crippen molar-refractivity contribution in [3.8, 4) is 0 Å².